The number of aromatic nitrogens is 1. The van der Waals surface area contributed by atoms with Crippen molar-refractivity contribution in [1.29, 1.82) is 0 Å². The molecule has 0 fully saturated rings. The molecule has 0 radical (unpaired) electrons. The lowest BCUT2D eigenvalue weighted by Gasteiger charge is -2.06. The zero-order valence-corrected chi connectivity index (χ0v) is 16.6. The smallest absolute Gasteiger partial charge is 0.245 e. The van der Waals surface area contributed by atoms with Crippen LogP contribution in [-0.2, 0) is 21.2 Å². The summed E-state index contributed by atoms with van der Waals surface area (Å²) in [6.45, 7) is 0. The predicted octanol–water partition coefficient (Wildman–Crippen LogP) is 2.83. The van der Waals surface area contributed by atoms with E-state index in [1.54, 1.807) is 18.2 Å². The first kappa shape index (κ1) is 20.7. The molecule has 3 aromatic rings. The van der Waals surface area contributed by atoms with E-state index in [0.29, 0.717) is 40.8 Å². The van der Waals surface area contributed by atoms with Crippen LogP contribution < -0.4 is 5.14 Å². The van der Waals surface area contributed by atoms with Crippen molar-refractivity contribution in [2.45, 2.75) is 24.2 Å². The highest BCUT2D eigenvalue weighted by Gasteiger charge is 2.23. The second kappa shape index (κ2) is 8.56. The summed E-state index contributed by atoms with van der Waals surface area (Å²) in [5.74, 6) is 0.360. The van der Waals surface area contributed by atoms with E-state index in [1.807, 2.05) is 30.3 Å². The van der Waals surface area contributed by atoms with Crippen LogP contribution in [0.15, 0.2) is 63.9 Å². The third kappa shape index (κ3) is 4.89. The Labute approximate surface area is 168 Å². The summed E-state index contributed by atoms with van der Waals surface area (Å²) < 4.78 is 30.0. The number of nitrogens with two attached hydrogens (primary N) is 1. The number of carbonyl (C=O) groups excluding carboxylic acids is 1. The van der Waals surface area contributed by atoms with Gasteiger partial charge in [-0.05, 0) is 12.5 Å². The molecule has 0 aliphatic heterocycles. The van der Waals surface area contributed by atoms with E-state index in [2.05, 4.69) is 4.98 Å². The SMILES string of the molecule is CN(O)C(=O)CCCc1nc(-c2ccccc2S(N)(=O)=O)c(-c2ccccc2)o1. The molecule has 1 aromatic heterocycles. The third-order valence-corrected chi connectivity index (χ3v) is 5.27. The van der Waals surface area contributed by atoms with E-state index in [9.17, 15) is 13.2 Å². The van der Waals surface area contributed by atoms with Crippen LogP contribution in [-0.4, -0.2) is 36.6 Å². The molecule has 0 saturated heterocycles. The summed E-state index contributed by atoms with van der Waals surface area (Å²) >= 11 is 0. The number of hydrogen-bond acceptors (Lipinski definition) is 6. The monoisotopic (exact) mass is 415 g/mol. The number of rotatable bonds is 7. The van der Waals surface area contributed by atoms with Crippen LogP contribution in [0.3, 0.4) is 0 Å². The summed E-state index contributed by atoms with van der Waals surface area (Å²) in [5, 5.41) is 15.1. The lowest BCUT2D eigenvalue weighted by atomic mass is 10.1. The predicted molar refractivity (Wildman–Crippen MR) is 106 cm³/mol. The molecule has 0 spiro atoms. The first-order valence-electron chi connectivity index (χ1n) is 8.90. The minimum atomic E-state index is -3.97. The Kier molecular flexibility index (Phi) is 6.12. The van der Waals surface area contributed by atoms with Gasteiger partial charge in [-0.2, -0.15) is 0 Å². The average molecular weight is 415 g/mol. The average Bonchev–Trinajstić information content (AvgIpc) is 3.12. The fraction of sp³-hybridized carbons (Fsp3) is 0.200. The van der Waals surface area contributed by atoms with Crippen molar-refractivity contribution in [3.63, 3.8) is 0 Å². The lowest BCUT2D eigenvalue weighted by Crippen LogP contribution is -2.22. The molecule has 152 valence electrons. The van der Waals surface area contributed by atoms with Crippen molar-refractivity contribution in [3.8, 4) is 22.6 Å². The van der Waals surface area contributed by atoms with Crippen LogP contribution in [0.5, 0.6) is 0 Å². The molecule has 3 N–H and O–H groups in total. The Morgan fingerprint density at radius 3 is 2.45 bits per heavy atom. The number of amides is 1. The fourth-order valence-corrected chi connectivity index (χ4v) is 3.64. The number of primary sulfonamides is 1. The second-order valence-corrected chi connectivity index (χ2v) is 7.99. The first-order chi connectivity index (χ1) is 13.8. The van der Waals surface area contributed by atoms with Crippen molar-refractivity contribution >= 4 is 15.9 Å². The summed E-state index contributed by atoms with van der Waals surface area (Å²) in [4.78, 5) is 16.0. The van der Waals surface area contributed by atoms with E-state index in [1.165, 1.54) is 13.1 Å². The van der Waals surface area contributed by atoms with Crippen LogP contribution in [0.25, 0.3) is 22.6 Å². The van der Waals surface area contributed by atoms with Crippen molar-refractivity contribution in [3.05, 3.63) is 60.5 Å². The summed E-state index contributed by atoms with van der Waals surface area (Å²) in [7, 11) is -2.70. The van der Waals surface area contributed by atoms with Crippen LogP contribution in [0.4, 0.5) is 0 Å². The van der Waals surface area contributed by atoms with Gasteiger partial charge in [-0.1, -0.05) is 48.5 Å². The number of sulfonamides is 1. The van der Waals surface area contributed by atoms with Gasteiger partial charge in [0, 0.05) is 31.0 Å². The van der Waals surface area contributed by atoms with Gasteiger partial charge in [0.15, 0.2) is 11.7 Å². The Balaban J connectivity index is 2.03. The molecule has 29 heavy (non-hydrogen) atoms. The first-order valence-corrected chi connectivity index (χ1v) is 10.4. The van der Waals surface area contributed by atoms with Crippen LogP contribution in [0.2, 0.25) is 0 Å². The number of carbonyl (C=O) groups is 1. The molecule has 1 amide bonds. The van der Waals surface area contributed by atoms with Crippen LogP contribution >= 0.6 is 0 Å². The van der Waals surface area contributed by atoms with E-state index in [4.69, 9.17) is 14.8 Å². The molecule has 0 bridgehead atoms. The van der Waals surface area contributed by atoms with E-state index in [-0.39, 0.29) is 11.3 Å². The highest BCUT2D eigenvalue weighted by molar-refractivity contribution is 7.89. The highest BCUT2D eigenvalue weighted by Crippen LogP contribution is 2.35. The zero-order valence-electron chi connectivity index (χ0n) is 15.8. The standard InChI is InChI=1S/C20H21N3O5S/c1-23(25)18(24)13-7-12-17-22-19(20(28-17)14-8-3-2-4-9-14)15-10-5-6-11-16(15)29(21,26)27/h2-6,8-11,25H,7,12-13H2,1H3,(H2,21,26,27). The number of aryl methyl sites for hydroxylation is 1. The van der Waals surface area contributed by atoms with Gasteiger partial charge in [0.05, 0.1) is 4.90 Å². The van der Waals surface area contributed by atoms with Gasteiger partial charge < -0.3 is 4.42 Å². The molecule has 0 atom stereocenters. The summed E-state index contributed by atoms with van der Waals surface area (Å²) in [5.41, 5.74) is 1.44. The van der Waals surface area contributed by atoms with Crippen molar-refractivity contribution in [1.82, 2.24) is 10.0 Å². The summed E-state index contributed by atoms with van der Waals surface area (Å²) in [6, 6.07) is 15.5. The third-order valence-electron chi connectivity index (χ3n) is 4.30. The number of hydrogen-bond donors (Lipinski definition) is 2. The van der Waals surface area contributed by atoms with Gasteiger partial charge in [-0.3, -0.25) is 10.0 Å². The van der Waals surface area contributed by atoms with Crippen molar-refractivity contribution in [2.24, 2.45) is 5.14 Å². The quantitative estimate of drug-likeness (QED) is 0.451. The van der Waals surface area contributed by atoms with Crippen LogP contribution in [0, 0.1) is 0 Å². The molecule has 0 unspecified atom stereocenters. The normalized spacial score (nSPS) is 11.4. The maximum Gasteiger partial charge on any atom is 0.245 e. The van der Waals surface area contributed by atoms with E-state index in [0.717, 1.165) is 5.56 Å². The van der Waals surface area contributed by atoms with Crippen LogP contribution in [0.1, 0.15) is 18.7 Å². The molecule has 9 heteroatoms. The molecule has 0 aliphatic rings. The molecule has 1 heterocycles. The molecule has 0 aliphatic carbocycles. The number of nitrogens with zero attached hydrogens (tertiary/aromatic N) is 2. The van der Waals surface area contributed by atoms with Gasteiger partial charge in [0.25, 0.3) is 0 Å². The molecular formula is C20H21N3O5S. The van der Waals surface area contributed by atoms with Gasteiger partial charge in [-0.25, -0.2) is 23.6 Å². The number of oxazole rings is 1. The number of hydroxylamine groups is 2. The molecule has 0 saturated carbocycles. The number of benzene rings is 2. The Morgan fingerprint density at radius 1 is 1.14 bits per heavy atom. The fourth-order valence-electron chi connectivity index (χ4n) is 2.90. The zero-order chi connectivity index (χ0) is 21.0. The largest absolute Gasteiger partial charge is 0.440 e. The topological polar surface area (TPSA) is 127 Å². The van der Waals surface area contributed by atoms with E-state index >= 15 is 0 Å². The van der Waals surface area contributed by atoms with E-state index < -0.39 is 15.9 Å². The minimum Gasteiger partial charge on any atom is -0.440 e. The Hall–Kier alpha value is -3.01. The maximum atomic E-state index is 12.0. The van der Waals surface area contributed by atoms with Gasteiger partial charge in [-0.15, -0.1) is 0 Å². The van der Waals surface area contributed by atoms with Crippen molar-refractivity contribution < 1.29 is 22.8 Å². The lowest BCUT2D eigenvalue weighted by molar-refractivity contribution is -0.159. The van der Waals surface area contributed by atoms with Gasteiger partial charge >= 0.3 is 0 Å². The van der Waals surface area contributed by atoms with Crippen molar-refractivity contribution in [2.75, 3.05) is 7.05 Å². The second-order valence-electron chi connectivity index (χ2n) is 6.46. The molecule has 2 aromatic carbocycles. The highest BCUT2D eigenvalue weighted by atomic mass is 32.2. The Morgan fingerprint density at radius 2 is 1.79 bits per heavy atom. The molecular weight excluding hydrogens is 394 g/mol. The maximum absolute atomic E-state index is 12.0. The Bertz CT molecular complexity index is 1110. The van der Waals surface area contributed by atoms with Gasteiger partial charge in [0.2, 0.25) is 15.9 Å². The molecule has 8 nitrogen and oxygen atoms in total. The minimum absolute atomic E-state index is 0.0471. The molecule has 3 rings (SSSR count). The van der Waals surface area contributed by atoms with Gasteiger partial charge in [0.1, 0.15) is 5.69 Å². The summed E-state index contributed by atoms with van der Waals surface area (Å²) in [6.07, 6.45) is 0.880.